The van der Waals surface area contributed by atoms with Crippen LogP contribution in [0.3, 0.4) is 0 Å². The van der Waals surface area contributed by atoms with Gasteiger partial charge in [-0.25, -0.2) is 0 Å². The summed E-state index contributed by atoms with van der Waals surface area (Å²) in [5, 5.41) is 6.22. The van der Waals surface area contributed by atoms with Crippen LogP contribution in [0.2, 0.25) is 0 Å². The van der Waals surface area contributed by atoms with Gasteiger partial charge in [-0.3, -0.25) is 9.59 Å². The first-order chi connectivity index (χ1) is 10.1. The molecule has 2 saturated heterocycles. The van der Waals surface area contributed by atoms with Gasteiger partial charge in [0.05, 0.1) is 19.1 Å². The molecule has 0 aromatic carbocycles. The van der Waals surface area contributed by atoms with Crippen molar-refractivity contribution in [3.63, 3.8) is 0 Å². The Morgan fingerprint density at radius 1 is 1.38 bits per heavy atom. The predicted octanol–water partition coefficient (Wildman–Crippen LogP) is 0.128. The van der Waals surface area contributed by atoms with Gasteiger partial charge in [0, 0.05) is 25.7 Å². The van der Waals surface area contributed by atoms with Crippen molar-refractivity contribution in [2.24, 2.45) is 5.92 Å². The maximum Gasteiger partial charge on any atom is 0.245 e. The Morgan fingerprint density at radius 2 is 2.19 bits per heavy atom. The first-order valence-electron chi connectivity index (χ1n) is 8.02. The van der Waals surface area contributed by atoms with E-state index in [0.717, 1.165) is 19.3 Å². The smallest absolute Gasteiger partial charge is 0.245 e. The second kappa shape index (κ2) is 7.75. The van der Waals surface area contributed by atoms with Gasteiger partial charge in [0.1, 0.15) is 6.04 Å². The Hall–Kier alpha value is -1.14. The molecular formula is C15H27N3O3. The minimum Gasteiger partial charge on any atom is -0.377 e. The van der Waals surface area contributed by atoms with Crippen LogP contribution in [0.4, 0.5) is 0 Å². The number of carbonyl (C=O) groups excluding carboxylic acids is 2. The van der Waals surface area contributed by atoms with E-state index in [1.54, 1.807) is 4.90 Å². The molecule has 0 bridgehead atoms. The first kappa shape index (κ1) is 16.2. The van der Waals surface area contributed by atoms with Gasteiger partial charge in [-0.15, -0.1) is 0 Å². The minimum atomic E-state index is -0.475. The molecular weight excluding hydrogens is 270 g/mol. The lowest BCUT2D eigenvalue weighted by Crippen LogP contribution is -2.58. The highest BCUT2D eigenvalue weighted by atomic mass is 16.5. The highest BCUT2D eigenvalue weighted by Gasteiger charge is 2.36. The number of nitrogens with zero attached hydrogens (tertiary/aromatic N) is 1. The van der Waals surface area contributed by atoms with E-state index < -0.39 is 6.04 Å². The van der Waals surface area contributed by atoms with Gasteiger partial charge in [0.2, 0.25) is 11.8 Å². The van der Waals surface area contributed by atoms with Gasteiger partial charge in [0.15, 0.2) is 0 Å². The summed E-state index contributed by atoms with van der Waals surface area (Å²) in [4.78, 5) is 26.6. The third kappa shape index (κ3) is 4.17. The highest BCUT2D eigenvalue weighted by Crippen LogP contribution is 2.19. The molecule has 0 saturated carbocycles. The predicted molar refractivity (Wildman–Crippen MR) is 79.8 cm³/mol. The fraction of sp³-hybridized carbons (Fsp3) is 0.867. The van der Waals surface area contributed by atoms with Crippen LogP contribution < -0.4 is 10.6 Å². The van der Waals surface area contributed by atoms with Crippen LogP contribution in [-0.4, -0.2) is 61.6 Å². The lowest BCUT2D eigenvalue weighted by Gasteiger charge is -2.38. The lowest BCUT2D eigenvalue weighted by atomic mass is 9.93. The largest absolute Gasteiger partial charge is 0.377 e. The molecule has 120 valence electrons. The summed E-state index contributed by atoms with van der Waals surface area (Å²) in [6.07, 6.45) is 2.79. The van der Waals surface area contributed by atoms with Crippen LogP contribution in [0.15, 0.2) is 0 Å². The molecule has 2 N–H and O–H groups in total. The SMILES string of the molecule is CCCNC(=O)C1COCCN1C(=O)C1CCC(C)NC1. The summed E-state index contributed by atoms with van der Waals surface area (Å²) in [7, 11) is 0. The zero-order chi connectivity index (χ0) is 15.2. The van der Waals surface area contributed by atoms with E-state index in [1.165, 1.54) is 0 Å². The number of hydrogen-bond acceptors (Lipinski definition) is 4. The average Bonchev–Trinajstić information content (AvgIpc) is 2.52. The quantitative estimate of drug-likeness (QED) is 0.774. The topological polar surface area (TPSA) is 70.7 Å². The number of rotatable bonds is 4. The van der Waals surface area contributed by atoms with Crippen LogP contribution >= 0.6 is 0 Å². The minimum absolute atomic E-state index is 0.0132. The number of nitrogens with one attached hydrogen (secondary N) is 2. The van der Waals surface area contributed by atoms with Crippen molar-refractivity contribution in [2.45, 2.75) is 45.2 Å². The summed E-state index contributed by atoms with van der Waals surface area (Å²) >= 11 is 0. The molecule has 0 aliphatic carbocycles. The Kier molecular flexibility index (Phi) is 5.99. The number of ether oxygens (including phenoxy) is 1. The molecule has 6 nitrogen and oxygen atoms in total. The second-order valence-electron chi connectivity index (χ2n) is 6.00. The van der Waals surface area contributed by atoms with Crippen LogP contribution in [0.1, 0.15) is 33.1 Å². The van der Waals surface area contributed by atoms with Crippen LogP contribution in [0.5, 0.6) is 0 Å². The number of piperidine rings is 1. The summed E-state index contributed by atoms with van der Waals surface area (Å²) in [5.41, 5.74) is 0. The Labute approximate surface area is 126 Å². The van der Waals surface area contributed by atoms with E-state index in [0.29, 0.717) is 38.9 Å². The van der Waals surface area contributed by atoms with Crippen molar-refractivity contribution in [1.82, 2.24) is 15.5 Å². The molecule has 3 atom stereocenters. The van der Waals surface area contributed by atoms with E-state index >= 15 is 0 Å². The van der Waals surface area contributed by atoms with E-state index in [9.17, 15) is 9.59 Å². The van der Waals surface area contributed by atoms with Crippen molar-refractivity contribution in [3.8, 4) is 0 Å². The van der Waals surface area contributed by atoms with Crippen LogP contribution in [-0.2, 0) is 14.3 Å². The molecule has 0 radical (unpaired) electrons. The number of morpholine rings is 1. The molecule has 0 aromatic heterocycles. The van der Waals surface area contributed by atoms with Gasteiger partial charge in [0.25, 0.3) is 0 Å². The monoisotopic (exact) mass is 297 g/mol. The standard InChI is InChI=1S/C15H27N3O3/c1-3-6-16-14(19)13-10-21-8-7-18(13)15(20)12-5-4-11(2)17-9-12/h11-13,17H,3-10H2,1-2H3,(H,16,19). The van der Waals surface area contributed by atoms with E-state index in [-0.39, 0.29) is 17.7 Å². The van der Waals surface area contributed by atoms with Gasteiger partial charge in [-0.1, -0.05) is 6.92 Å². The summed E-state index contributed by atoms with van der Waals surface area (Å²) in [5.74, 6) is -0.0165. The van der Waals surface area contributed by atoms with Gasteiger partial charge in [-0.05, 0) is 26.2 Å². The molecule has 2 fully saturated rings. The van der Waals surface area contributed by atoms with Gasteiger partial charge in [-0.2, -0.15) is 0 Å². The van der Waals surface area contributed by atoms with Crippen molar-refractivity contribution in [2.75, 3.05) is 32.8 Å². The number of carbonyl (C=O) groups is 2. The molecule has 6 heteroatoms. The summed E-state index contributed by atoms with van der Waals surface area (Å²) in [6.45, 7) is 6.82. The zero-order valence-electron chi connectivity index (χ0n) is 13.1. The third-order valence-corrected chi connectivity index (χ3v) is 4.27. The Morgan fingerprint density at radius 3 is 2.86 bits per heavy atom. The van der Waals surface area contributed by atoms with E-state index in [4.69, 9.17) is 4.74 Å². The normalized spacial score (nSPS) is 30.0. The molecule has 2 heterocycles. The average molecular weight is 297 g/mol. The second-order valence-corrected chi connectivity index (χ2v) is 6.00. The molecule has 2 amide bonds. The molecule has 2 aliphatic rings. The van der Waals surface area contributed by atoms with E-state index in [1.807, 2.05) is 6.92 Å². The molecule has 3 unspecified atom stereocenters. The maximum atomic E-state index is 12.7. The Bertz CT molecular complexity index is 367. The molecule has 21 heavy (non-hydrogen) atoms. The molecule has 2 rings (SSSR count). The number of hydrogen-bond donors (Lipinski definition) is 2. The van der Waals surface area contributed by atoms with E-state index in [2.05, 4.69) is 17.6 Å². The number of amides is 2. The summed E-state index contributed by atoms with van der Waals surface area (Å²) < 4.78 is 5.40. The highest BCUT2D eigenvalue weighted by molar-refractivity contribution is 5.89. The van der Waals surface area contributed by atoms with Crippen molar-refractivity contribution >= 4 is 11.8 Å². The van der Waals surface area contributed by atoms with Crippen LogP contribution in [0, 0.1) is 5.92 Å². The molecule has 2 aliphatic heterocycles. The van der Waals surface area contributed by atoms with Gasteiger partial charge < -0.3 is 20.3 Å². The fourth-order valence-electron chi connectivity index (χ4n) is 2.89. The fourth-order valence-corrected chi connectivity index (χ4v) is 2.89. The molecule has 0 spiro atoms. The maximum absolute atomic E-state index is 12.7. The van der Waals surface area contributed by atoms with Crippen molar-refractivity contribution in [3.05, 3.63) is 0 Å². The first-order valence-corrected chi connectivity index (χ1v) is 8.02. The third-order valence-electron chi connectivity index (χ3n) is 4.27. The lowest BCUT2D eigenvalue weighted by molar-refractivity contribution is -0.152. The Balaban J connectivity index is 1.97. The van der Waals surface area contributed by atoms with Gasteiger partial charge >= 0.3 is 0 Å². The zero-order valence-corrected chi connectivity index (χ0v) is 13.1. The van der Waals surface area contributed by atoms with Crippen molar-refractivity contribution < 1.29 is 14.3 Å². The van der Waals surface area contributed by atoms with Crippen molar-refractivity contribution in [1.29, 1.82) is 0 Å². The molecule has 0 aromatic rings. The summed E-state index contributed by atoms with van der Waals surface area (Å²) in [6, 6.07) is -0.000427. The van der Waals surface area contributed by atoms with Crippen LogP contribution in [0.25, 0.3) is 0 Å².